The van der Waals surface area contributed by atoms with Gasteiger partial charge in [-0.1, -0.05) is 12.1 Å². The first-order chi connectivity index (χ1) is 11.9. The fourth-order valence-electron chi connectivity index (χ4n) is 3.04. The summed E-state index contributed by atoms with van der Waals surface area (Å²) >= 11 is 0. The average molecular weight is 345 g/mol. The molecular weight excluding hydrogens is 329 g/mol. The van der Waals surface area contributed by atoms with Gasteiger partial charge in [0.25, 0.3) is 17.2 Å². The van der Waals surface area contributed by atoms with Crippen LogP contribution in [0, 0.1) is 21.8 Å². The number of aromatic amines is 1. The van der Waals surface area contributed by atoms with Crippen LogP contribution in [0.25, 0.3) is 0 Å². The number of nitrogens with zero attached hydrogens (tertiary/aromatic N) is 2. The first-order valence-electron chi connectivity index (χ1n) is 7.85. The molecule has 1 amide bonds. The Balaban J connectivity index is 1.70. The molecule has 130 valence electrons. The maximum Gasteiger partial charge on any atom is 0.286 e. The maximum absolute atomic E-state index is 12.9. The molecule has 1 aromatic carbocycles. The van der Waals surface area contributed by atoms with Crippen molar-refractivity contribution in [1.29, 1.82) is 0 Å². The third-order valence-electron chi connectivity index (χ3n) is 4.34. The quantitative estimate of drug-likeness (QED) is 0.678. The van der Waals surface area contributed by atoms with E-state index in [0.717, 1.165) is 24.2 Å². The van der Waals surface area contributed by atoms with Crippen molar-refractivity contribution in [2.75, 3.05) is 13.1 Å². The molecule has 2 heterocycles. The van der Waals surface area contributed by atoms with Gasteiger partial charge < -0.3 is 9.88 Å². The number of likely N-dealkylation sites (tertiary alicyclic amines) is 1. The number of halogens is 1. The Morgan fingerprint density at radius 2 is 2.08 bits per heavy atom. The van der Waals surface area contributed by atoms with Crippen LogP contribution in [-0.4, -0.2) is 33.8 Å². The predicted molar refractivity (Wildman–Crippen MR) is 87.8 cm³/mol. The number of amides is 1. The zero-order valence-electron chi connectivity index (χ0n) is 13.3. The van der Waals surface area contributed by atoms with Gasteiger partial charge in [-0.25, -0.2) is 4.39 Å². The van der Waals surface area contributed by atoms with Gasteiger partial charge in [0.2, 0.25) is 0 Å². The van der Waals surface area contributed by atoms with E-state index in [2.05, 4.69) is 4.98 Å². The Labute approximate surface area is 142 Å². The molecule has 0 aliphatic carbocycles. The number of rotatable bonds is 4. The van der Waals surface area contributed by atoms with Crippen LogP contribution >= 0.6 is 0 Å². The van der Waals surface area contributed by atoms with E-state index in [1.54, 1.807) is 12.1 Å². The minimum Gasteiger partial charge on any atom is -0.338 e. The molecule has 0 bridgehead atoms. The second kappa shape index (κ2) is 6.84. The SMILES string of the molecule is O=C(c1cc([N+](=O)[O-])c[nH]c1=O)N1CCC(Cc2ccc(F)cc2)C1. The lowest BCUT2D eigenvalue weighted by Gasteiger charge is -2.16. The topological polar surface area (TPSA) is 96.3 Å². The highest BCUT2D eigenvalue weighted by Crippen LogP contribution is 2.22. The Morgan fingerprint density at radius 3 is 2.76 bits per heavy atom. The molecule has 1 fully saturated rings. The molecule has 0 saturated carbocycles. The minimum absolute atomic E-state index is 0.201. The fourth-order valence-corrected chi connectivity index (χ4v) is 3.04. The molecule has 3 rings (SSSR count). The van der Waals surface area contributed by atoms with Gasteiger partial charge >= 0.3 is 0 Å². The summed E-state index contributed by atoms with van der Waals surface area (Å²) in [5.74, 6) is -0.601. The number of hydrogen-bond acceptors (Lipinski definition) is 4. The Kier molecular flexibility index (Phi) is 4.60. The Bertz CT molecular complexity index is 863. The molecule has 8 heteroatoms. The van der Waals surface area contributed by atoms with Crippen molar-refractivity contribution in [3.8, 4) is 0 Å². The van der Waals surface area contributed by atoms with Crippen LogP contribution in [0.5, 0.6) is 0 Å². The normalized spacial score (nSPS) is 16.8. The average Bonchev–Trinajstić information content (AvgIpc) is 3.05. The number of benzene rings is 1. The maximum atomic E-state index is 12.9. The highest BCUT2D eigenvalue weighted by Gasteiger charge is 2.29. The Morgan fingerprint density at radius 1 is 1.36 bits per heavy atom. The van der Waals surface area contributed by atoms with Gasteiger partial charge in [-0.05, 0) is 36.5 Å². The van der Waals surface area contributed by atoms with Gasteiger partial charge in [0.05, 0.1) is 11.1 Å². The summed E-state index contributed by atoms with van der Waals surface area (Å²) in [5, 5.41) is 10.8. The van der Waals surface area contributed by atoms with Crippen LogP contribution in [0.3, 0.4) is 0 Å². The molecule has 1 saturated heterocycles. The molecule has 1 atom stereocenters. The Hall–Kier alpha value is -3.03. The van der Waals surface area contributed by atoms with Gasteiger partial charge in [-0.2, -0.15) is 0 Å². The lowest BCUT2D eigenvalue weighted by atomic mass is 9.99. The zero-order valence-corrected chi connectivity index (χ0v) is 13.3. The first-order valence-corrected chi connectivity index (χ1v) is 7.85. The second-order valence-corrected chi connectivity index (χ2v) is 6.09. The van der Waals surface area contributed by atoms with Gasteiger partial charge in [0, 0.05) is 19.2 Å². The lowest BCUT2D eigenvalue weighted by molar-refractivity contribution is -0.385. The largest absolute Gasteiger partial charge is 0.338 e. The standard InChI is InChI=1S/C17H16FN3O4/c18-13-3-1-11(2-4-13)7-12-5-6-20(10-12)17(23)15-8-14(21(24)25)9-19-16(15)22/h1-4,8-9,12H,5-7,10H2,(H,19,22). The van der Waals surface area contributed by atoms with Crippen LogP contribution in [0.2, 0.25) is 0 Å². The molecule has 0 radical (unpaired) electrons. The molecular formula is C17H16FN3O4. The van der Waals surface area contributed by atoms with E-state index in [0.29, 0.717) is 19.5 Å². The summed E-state index contributed by atoms with van der Waals surface area (Å²) < 4.78 is 12.9. The van der Waals surface area contributed by atoms with E-state index in [-0.39, 0.29) is 23.0 Å². The molecule has 1 unspecified atom stereocenters. The van der Waals surface area contributed by atoms with E-state index in [4.69, 9.17) is 0 Å². The summed E-state index contributed by atoms with van der Waals surface area (Å²) in [6.07, 6.45) is 2.44. The van der Waals surface area contributed by atoms with Crippen molar-refractivity contribution in [2.45, 2.75) is 12.8 Å². The molecule has 0 spiro atoms. The lowest BCUT2D eigenvalue weighted by Crippen LogP contribution is -2.33. The molecule has 7 nitrogen and oxygen atoms in total. The molecule has 1 aliphatic rings. The van der Waals surface area contributed by atoms with E-state index in [9.17, 15) is 24.1 Å². The number of nitro groups is 1. The summed E-state index contributed by atoms with van der Waals surface area (Å²) in [5.41, 5.74) is -0.215. The number of aromatic nitrogens is 1. The van der Waals surface area contributed by atoms with Crippen LogP contribution in [-0.2, 0) is 6.42 Å². The molecule has 1 N–H and O–H groups in total. The highest BCUT2D eigenvalue weighted by molar-refractivity contribution is 5.94. The molecule has 1 aromatic heterocycles. The molecule has 25 heavy (non-hydrogen) atoms. The summed E-state index contributed by atoms with van der Waals surface area (Å²) in [6.45, 7) is 0.936. The van der Waals surface area contributed by atoms with Gasteiger partial charge in [0.15, 0.2) is 0 Å². The summed E-state index contributed by atoms with van der Waals surface area (Å²) in [6, 6.07) is 7.23. The van der Waals surface area contributed by atoms with Crippen molar-refractivity contribution >= 4 is 11.6 Å². The number of carbonyl (C=O) groups excluding carboxylic acids is 1. The van der Waals surface area contributed by atoms with Gasteiger partial charge in [-0.3, -0.25) is 19.7 Å². The van der Waals surface area contributed by atoms with Crippen molar-refractivity contribution in [2.24, 2.45) is 5.92 Å². The number of hydrogen-bond donors (Lipinski definition) is 1. The van der Waals surface area contributed by atoms with Crippen molar-refractivity contribution in [3.05, 3.63) is 73.9 Å². The van der Waals surface area contributed by atoms with E-state index in [1.165, 1.54) is 17.0 Å². The van der Waals surface area contributed by atoms with Gasteiger partial charge in [0.1, 0.15) is 11.4 Å². The summed E-state index contributed by atoms with van der Waals surface area (Å²) in [7, 11) is 0. The van der Waals surface area contributed by atoms with Crippen molar-refractivity contribution in [1.82, 2.24) is 9.88 Å². The van der Waals surface area contributed by atoms with Crippen LogP contribution in [0.1, 0.15) is 22.3 Å². The van der Waals surface area contributed by atoms with E-state index < -0.39 is 16.4 Å². The highest BCUT2D eigenvalue weighted by atomic mass is 19.1. The predicted octanol–water partition coefficient (Wildman–Crippen LogP) is 2.13. The van der Waals surface area contributed by atoms with E-state index >= 15 is 0 Å². The number of carbonyl (C=O) groups is 1. The van der Waals surface area contributed by atoms with Crippen LogP contribution in [0.15, 0.2) is 41.3 Å². The van der Waals surface area contributed by atoms with Crippen LogP contribution in [0.4, 0.5) is 10.1 Å². The third kappa shape index (κ3) is 3.73. The number of nitrogens with one attached hydrogen (secondary N) is 1. The van der Waals surface area contributed by atoms with Crippen molar-refractivity contribution in [3.63, 3.8) is 0 Å². The molecule has 1 aliphatic heterocycles. The molecule has 2 aromatic rings. The minimum atomic E-state index is -0.659. The van der Waals surface area contributed by atoms with Crippen LogP contribution < -0.4 is 5.56 Å². The second-order valence-electron chi connectivity index (χ2n) is 6.09. The third-order valence-corrected chi connectivity index (χ3v) is 4.34. The number of pyridine rings is 1. The fraction of sp³-hybridized carbons (Fsp3) is 0.294. The first kappa shape index (κ1) is 16.8. The monoisotopic (exact) mass is 345 g/mol. The van der Waals surface area contributed by atoms with Gasteiger partial charge in [-0.15, -0.1) is 0 Å². The van der Waals surface area contributed by atoms with Crippen molar-refractivity contribution < 1.29 is 14.1 Å². The summed E-state index contributed by atoms with van der Waals surface area (Å²) in [4.78, 5) is 38.3. The smallest absolute Gasteiger partial charge is 0.286 e. The zero-order chi connectivity index (χ0) is 18.0. The number of H-pyrrole nitrogens is 1. The van der Waals surface area contributed by atoms with E-state index in [1.807, 2.05) is 0 Å².